The van der Waals surface area contributed by atoms with Crippen LogP contribution in [0.2, 0.25) is 0 Å². The molecule has 2 aliphatic rings. The minimum atomic E-state index is -3.17. The van der Waals surface area contributed by atoms with Crippen molar-refractivity contribution < 1.29 is 13.2 Å². The first-order valence-corrected chi connectivity index (χ1v) is 9.96. The highest BCUT2D eigenvalue weighted by atomic mass is 35.5. The first-order valence-electron chi connectivity index (χ1n) is 8.07. The van der Waals surface area contributed by atoms with E-state index in [4.69, 9.17) is 0 Å². The maximum atomic E-state index is 12.6. The Morgan fingerprint density at radius 3 is 2.38 bits per heavy atom. The molecule has 1 amide bonds. The van der Waals surface area contributed by atoms with Crippen LogP contribution in [0.15, 0.2) is 29.2 Å². The lowest BCUT2D eigenvalue weighted by atomic mass is 9.91. The van der Waals surface area contributed by atoms with Crippen molar-refractivity contribution in [2.75, 3.05) is 26.4 Å². The largest absolute Gasteiger partial charge is 0.341 e. The Kier molecular flexibility index (Phi) is 5.62. The number of piperidine rings is 1. The minimum absolute atomic E-state index is 0. The van der Waals surface area contributed by atoms with Crippen molar-refractivity contribution in [2.45, 2.75) is 30.7 Å². The number of rotatable bonds is 4. The quantitative estimate of drug-likeness (QED) is 0.876. The summed E-state index contributed by atoms with van der Waals surface area (Å²) in [4.78, 5) is 14.7. The molecule has 1 aliphatic carbocycles. The van der Waals surface area contributed by atoms with Gasteiger partial charge in [-0.3, -0.25) is 4.79 Å². The Morgan fingerprint density at radius 2 is 1.83 bits per heavy atom. The molecule has 1 unspecified atom stereocenters. The van der Waals surface area contributed by atoms with Crippen LogP contribution in [-0.4, -0.2) is 45.6 Å². The van der Waals surface area contributed by atoms with E-state index in [1.807, 2.05) is 7.05 Å². The fourth-order valence-corrected chi connectivity index (χ4v) is 4.26. The summed E-state index contributed by atoms with van der Waals surface area (Å²) < 4.78 is 22.9. The fourth-order valence-electron chi connectivity index (χ4n) is 3.63. The second kappa shape index (κ2) is 7.02. The van der Waals surface area contributed by atoms with E-state index >= 15 is 0 Å². The lowest BCUT2D eigenvalue weighted by molar-refractivity contribution is -0.132. The molecular weight excluding hydrogens is 348 g/mol. The van der Waals surface area contributed by atoms with Crippen LogP contribution < -0.4 is 5.32 Å². The highest BCUT2D eigenvalue weighted by molar-refractivity contribution is 7.90. The summed E-state index contributed by atoms with van der Waals surface area (Å²) in [5.41, 5.74) is 1.20. The number of sulfone groups is 1. The van der Waals surface area contributed by atoms with Crippen LogP contribution in [-0.2, 0) is 21.2 Å². The van der Waals surface area contributed by atoms with E-state index in [2.05, 4.69) is 5.32 Å². The van der Waals surface area contributed by atoms with E-state index < -0.39 is 9.84 Å². The van der Waals surface area contributed by atoms with Gasteiger partial charge in [0.25, 0.3) is 0 Å². The Hall–Kier alpha value is -1.11. The van der Waals surface area contributed by atoms with Crippen LogP contribution in [0.25, 0.3) is 0 Å². The number of hydrogen-bond donors (Lipinski definition) is 1. The molecule has 3 rings (SSSR count). The number of halogens is 1. The third-order valence-corrected chi connectivity index (χ3v) is 6.36. The smallest absolute Gasteiger partial charge is 0.226 e. The Bertz CT molecular complexity index is 697. The summed E-state index contributed by atoms with van der Waals surface area (Å²) in [5, 5.41) is 3.35. The molecule has 134 valence electrons. The SMILES string of the molecule is CN(Cc1ccc(S(C)(=O)=O)cc1)C(=O)C1CC12CCNCC2.Cl. The molecule has 0 aromatic heterocycles. The van der Waals surface area contributed by atoms with Gasteiger partial charge in [0, 0.05) is 25.8 Å². The van der Waals surface area contributed by atoms with E-state index in [9.17, 15) is 13.2 Å². The van der Waals surface area contributed by atoms with Gasteiger partial charge >= 0.3 is 0 Å². The van der Waals surface area contributed by atoms with Crippen LogP contribution in [0.1, 0.15) is 24.8 Å². The topological polar surface area (TPSA) is 66.5 Å². The van der Waals surface area contributed by atoms with Crippen molar-refractivity contribution in [3.05, 3.63) is 29.8 Å². The zero-order chi connectivity index (χ0) is 16.7. The summed E-state index contributed by atoms with van der Waals surface area (Å²) in [7, 11) is -1.34. The Balaban J connectivity index is 0.00000208. The van der Waals surface area contributed by atoms with Gasteiger partial charge < -0.3 is 10.2 Å². The molecule has 1 aromatic rings. The van der Waals surface area contributed by atoms with Gasteiger partial charge in [-0.15, -0.1) is 12.4 Å². The van der Waals surface area contributed by atoms with Crippen molar-refractivity contribution >= 4 is 28.2 Å². The van der Waals surface area contributed by atoms with Gasteiger partial charge in [0.15, 0.2) is 9.84 Å². The molecule has 1 aliphatic heterocycles. The third kappa shape index (κ3) is 3.92. The van der Waals surface area contributed by atoms with Crippen molar-refractivity contribution in [3.8, 4) is 0 Å². The molecular formula is C17H25ClN2O3S. The monoisotopic (exact) mass is 372 g/mol. The highest BCUT2D eigenvalue weighted by Gasteiger charge is 2.58. The van der Waals surface area contributed by atoms with Crippen molar-refractivity contribution in [3.63, 3.8) is 0 Å². The fraction of sp³-hybridized carbons (Fsp3) is 0.588. The second-order valence-electron chi connectivity index (χ2n) is 6.98. The third-order valence-electron chi connectivity index (χ3n) is 5.23. The van der Waals surface area contributed by atoms with E-state index in [1.54, 1.807) is 29.2 Å². The summed E-state index contributed by atoms with van der Waals surface area (Å²) in [5.74, 6) is 0.393. The molecule has 5 nitrogen and oxygen atoms in total. The molecule has 2 fully saturated rings. The predicted molar refractivity (Wildman–Crippen MR) is 95.9 cm³/mol. The van der Waals surface area contributed by atoms with Gasteiger partial charge in [-0.05, 0) is 55.5 Å². The van der Waals surface area contributed by atoms with Crippen LogP contribution in [0.4, 0.5) is 0 Å². The molecule has 1 spiro atoms. The van der Waals surface area contributed by atoms with Crippen LogP contribution in [0, 0.1) is 11.3 Å². The first-order chi connectivity index (χ1) is 10.8. The average molecular weight is 373 g/mol. The number of benzene rings is 1. The summed E-state index contributed by atoms with van der Waals surface area (Å²) >= 11 is 0. The number of nitrogens with one attached hydrogen (secondary N) is 1. The predicted octanol–water partition coefficient (Wildman–Crippen LogP) is 1.86. The average Bonchev–Trinajstić information content (AvgIpc) is 3.20. The number of hydrogen-bond acceptors (Lipinski definition) is 4. The zero-order valence-corrected chi connectivity index (χ0v) is 15.8. The molecule has 1 heterocycles. The highest BCUT2D eigenvalue weighted by Crippen LogP contribution is 2.59. The van der Waals surface area contributed by atoms with Crippen molar-refractivity contribution in [2.24, 2.45) is 11.3 Å². The van der Waals surface area contributed by atoms with E-state index in [0.717, 1.165) is 37.9 Å². The van der Waals surface area contributed by atoms with E-state index in [1.165, 1.54) is 6.26 Å². The van der Waals surface area contributed by atoms with Crippen LogP contribution in [0.5, 0.6) is 0 Å². The molecule has 1 saturated heterocycles. The maximum Gasteiger partial charge on any atom is 0.226 e. The molecule has 1 aromatic carbocycles. The molecule has 7 heteroatoms. The van der Waals surface area contributed by atoms with Gasteiger partial charge in [-0.1, -0.05) is 12.1 Å². The maximum absolute atomic E-state index is 12.6. The van der Waals surface area contributed by atoms with Gasteiger partial charge in [-0.2, -0.15) is 0 Å². The molecule has 1 atom stereocenters. The molecule has 24 heavy (non-hydrogen) atoms. The standard InChI is InChI=1S/C17H24N2O3S.ClH/c1-19(12-13-3-5-14(6-4-13)23(2,21)22)16(20)15-11-17(15)7-9-18-10-8-17;/h3-6,15,18H,7-12H2,1-2H3;1H. The normalized spacial score (nSPS) is 21.8. The van der Waals surface area contributed by atoms with Crippen LogP contribution >= 0.6 is 12.4 Å². The second-order valence-corrected chi connectivity index (χ2v) is 9.00. The van der Waals surface area contributed by atoms with E-state index in [-0.39, 0.29) is 29.6 Å². The minimum Gasteiger partial charge on any atom is -0.341 e. The summed E-state index contributed by atoms with van der Waals surface area (Å²) in [6.45, 7) is 2.55. The molecule has 0 bridgehead atoms. The van der Waals surface area contributed by atoms with Crippen LogP contribution in [0.3, 0.4) is 0 Å². The molecule has 1 saturated carbocycles. The van der Waals surface area contributed by atoms with Gasteiger partial charge in [0.1, 0.15) is 0 Å². The summed E-state index contributed by atoms with van der Waals surface area (Å²) in [6, 6.07) is 6.78. The Labute approximate surface area is 150 Å². The lowest BCUT2D eigenvalue weighted by Crippen LogP contribution is -2.34. The number of carbonyl (C=O) groups is 1. The Morgan fingerprint density at radius 1 is 1.25 bits per heavy atom. The lowest BCUT2D eigenvalue weighted by Gasteiger charge is -2.25. The van der Waals surface area contributed by atoms with Gasteiger partial charge in [0.2, 0.25) is 5.91 Å². The van der Waals surface area contributed by atoms with Gasteiger partial charge in [-0.25, -0.2) is 8.42 Å². The first kappa shape index (κ1) is 19.2. The molecule has 1 N–H and O–H groups in total. The zero-order valence-electron chi connectivity index (χ0n) is 14.1. The van der Waals surface area contributed by atoms with Crippen molar-refractivity contribution in [1.82, 2.24) is 10.2 Å². The van der Waals surface area contributed by atoms with Crippen molar-refractivity contribution in [1.29, 1.82) is 0 Å². The number of carbonyl (C=O) groups excluding carboxylic acids is 1. The summed E-state index contributed by atoms with van der Waals surface area (Å²) in [6.07, 6.45) is 4.41. The number of amides is 1. The van der Waals surface area contributed by atoms with E-state index in [0.29, 0.717) is 11.4 Å². The number of nitrogens with zero attached hydrogens (tertiary/aromatic N) is 1. The van der Waals surface area contributed by atoms with Gasteiger partial charge in [0.05, 0.1) is 4.90 Å². The molecule has 0 radical (unpaired) electrons.